The lowest BCUT2D eigenvalue weighted by molar-refractivity contribution is -0.139. The Hall–Kier alpha value is -3.36. The highest BCUT2D eigenvalue weighted by Gasteiger charge is 2.33. The monoisotopic (exact) mass is 583 g/mol. The van der Waals surface area contributed by atoms with Gasteiger partial charge in [0.1, 0.15) is 12.6 Å². The van der Waals surface area contributed by atoms with Gasteiger partial charge in [-0.05, 0) is 75.1 Å². The summed E-state index contributed by atoms with van der Waals surface area (Å²) in [6.07, 6.45) is 1.31. The van der Waals surface area contributed by atoms with Crippen LogP contribution in [0.15, 0.2) is 77.7 Å². The smallest absolute Gasteiger partial charge is 0.264 e. The predicted molar refractivity (Wildman–Crippen MR) is 161 cm³/mol. The summed E-state index contributed by atoms with van der Waals surface area (Å²) in [6.45, 7) is 8.93. The summed E-state index contributed by atoms with van der Waals surface area (Å²) in [5.41, 5.74) is 2.86. The average Bonchev–Trinajstić information content (AvgIpc) is 2.94. The molecule has 0 fully saturated rings. The molecule has 0 saturated carbocycles. The summed E-state index contributed by atoms with van der Waals surface area (Å²) in [5, 5.41) is 3.44. The van der Waals surface area contributed by atoms with Crippen molar-refractivity contribution in [1.29, 1.82) is 0 Å². The van der Waals surface area contributed by atoms with Crippen LogP contribution >= 0.6 is 11.6 Å². The molecule has 1 N–H and O–H groups in total. The van der Waals surface area contributed by atoms with Gasteiger partial charge in [0.05, 0.1) is 10.6 Å². The molecule has 0 aromatic heterocycles. The van der Waals surface area contributed by atoms with Gasteiger partial charge in [0.25, 0.3) is 10.0 Å². The van der Waals surface area contributed by atoms with E-state index >= 15 is 0 Å². The Labute approximate surface area is 243 Å². The van der Waals surface area contributed by atoms with Crippen molar-refractivity contribution < 1.29 is 18.0 Å². The molecule has 40 heavy (non-hydrogen) atoms. The molecule has 0 aliphatic carbocycles. The Bertz CT molecular complexity index is 1430. The van der Waals surface area contributed by atoms with Crippen molar-refractivity contribution in [1.82, 2.24) is 10.2 Å². The van der Waals surface area contributed by atoms with Crippen molar-refractivity contribution in [2.24, 2.45) is 0 Å². The molecule has 0 unspecified atom stereocenters. The molecular weight excluding hydrogens is 546 g/mol. The van der Waals surface area contributed by atoms with Crippen LogP contribution in [0.5, 0.6) is 0 Å². The van der Waals surface area contributed by atoms with Crippen molar-refractivity contribution in [3.8, 4) is 0 Å². The second-order valence-electron chi connectivity index (χ2n) is 9.95. The molecule has 3 aromatic carbocycles. The van der Waals surface area contributed by atoms with E-state index < -0.39 is 28.5 Å². The molecule has 214 valence electrons. The zero-order chi connectivity index (χ0) is 29.4. The number of halogens is 1. The number of hydrogen-bond donors (Lipinski definition) is 1. The molecule has 0 saturated heterocycles. The molecule has 2 atom stereocenters. The van der Waals surface area contributed by atoms with Gasteiger partial charge in [-0.1, -0.05) is 73.5 Å². The minimum Gasteiger partial charge on any atom is -0.352 e. The quantitative estimate of drug-likeness (QED) is 0.295. The minimum atomic E-state index is -4.12. The Balaban J connectivity index is 2.06. The van der Waals surface area contributed by atoms with Crippen LogP contribution in [0, 0.1) is 6.92 Å². The van der Waals surface area contributed by atoms with E-state index in [1.807, 2.05) is 45.9 Å². The molecule has 0 radical (unpaired) electrons. The van der Waals surface area contributed by atoms with Gasteiger partial charge in [-0.25, -0.2) is 8.42 Å². The van der Waals surface area contributed by atoms with E-state index in [4.69, 9.17) is 11.6 Å². The summed E-state index contributed by atoms with van der Waals surface area (Å²) in [7, 11) is -4.12. The van der Waals surface area contributed by atoms with Crippen molar-refractivity contribution in [3.63, 3.8) is 0 Å². The van der Waals surface area contributed by atoms with Crippen LogP contribution < -0.4 is 9.62 Å². The van der Waals surface area contributed by atoms with Crippen LogP contribution in [0.3, 0.4) is 0 Å². The fourth-order valence-corrected chi connectivity index (χ4v) is 5.95. The van der Waals surface area contributed by atoms with E-state index in [0.717, 1.165) is 27.4 Å². The minimum absolute atomic E-state index is 0.0760. The number of benzene rings is 3. The normalized spacial score (nSPS) is 12.8. The molecule has 0 spiro atoms. The number of carbonyl (C=O) groups excluding carboxylic acids is 2. The lowest BCUT2D eigenvalue weighted by Gasteiger charge is -2.33. The maximum atomic E-state index is 14.1. The summed E-state index contributed by atoms with van der Waals surface area (Å²) < 4.78 is 29.2. The first kappa shape index (κ1) is 31.2. The average molecular weight is 584 g/mol. The fraction of sp³-hybridized carbons (Fsp3) is 0.355. The molecule has 2 amide bonds. The Kier molecular flexibility index (Phi) is 10.8. The maximum Gasteiger partial charge on any atom is 0.264 e. The highest BCUT2D eigenvalue weighted by Crippen LogP contribution is 2.28. The predicted octanol–water partition coefficient (Wildman–Crippen LogP) is 5.74. The van der Waals surface area contributed by atoms with E-state index in [-0.39, 0.29) is 23.4 Å². The molecule has 3 aromatic rings. The molecule has 7 nitrogen and oxygen atoms in total. The van der Waals surface area contributed by atoms with Gasteiger partial charge in [0.2, 0.25) is 11.8 Å². The molecule has 3 rings (SSSR count). The van der Waals surface area contributed by atoms with Crippen molar-refractivity contribution in [2.45, 2.75) is 71.0 Å². The van der Waals surface area contributed by atoms with Gasteiger partial charge in [-0.2, -0.15) is 0 Å². The van der Waals surface area contributed by atoms with Crippen LogP contribution in [0.4, 0.5) is 5.69 Å². The van der Waals surface area contributed by atoms with Crippen LogP contribution in [0.25, 0.3) is 0 Å². The molecule has 0 bridgehead atoms. The van der Waals surface area contributed by atoms with Crippen LogP contribution in [0.1, 0.15) is 50.8 Å². The second-order valence-corrected chi connectivity index (χ2v) is 12.3. The van der Waals surface area contributed by atoms with Gasteiger partial charge >= 0.3 is 0 Å². The highest BCUT2D eigenvalue weighted by molar-refractivity contribution is 7.92. The van der Waals surface area contributed by atoms with E-state index in [2.05, 4.69) is 5.32 Å². The van der Waals surface area contributed by atoms with Crippen molar-refractivity contribution in [2.75, 3.05) is 10.8 Å². The highest BCUT2D eigenvalue weighted by atomic mass is 35.5. The van der Waals surface area contributed by atoms with E-state index in [1.54, 1.807) is 61.5 Å². The zero-order valence-electron chi connectivity index (χ0n) is 23.7. The number of para-hydroxylation sites is 1. The third-order valence-electron chi connectivity index (χ3n) is 6.94. The SMILES string of the molecule is CCc1ccccc1N(CC(=O)N(Cc1cccc(Cl)c1)[C@H](C)C(=O)N[C@H](C)CC)S(=O)(=O)c1ccc(C)cc1. The first-order valence-electron chi connectivity index (χ1n) is 13.5. The largest absolute Gasteiger partial charge is 0.352 e. The first-order valence-corrected chi connectivity index (χ1v) is 15.3. The summed E-state index contributed by atoms with van der Waals surface area (Å²) in [5.74, 6) is -0.819. The van der Waals surface area contributed by atoms with Gasteiger partial charge < -0.3 is 10.2 Å². The Morgan fingerprint density at radius 3 is 2.25 bits per heavy atom. The standard InChI is InChI=1S/C31H38ClN3O4S/c1-6-23(4)33-31(37)24(5)34(20-25-11-10-13-27(32)19-25)30(36)21-35(29-14-9-8-12-26(29)7-2)40(38,39)28-17-15-22(3)16-18-28/h8-19,23-24H,6-7,20-21H2,1-5H3,(H,33,37)/t23-,24-/m1/s1. The molecular formula is C31H38ClN3O4S. The Morgan fingerprint density at radius 2 is 1.62 bits per heavy atom. The second kappa shape index (κ2) is 13.8. The van der Waals surface area contributed by atoms with Crippen molar-refractivity contribution >= 4 is 39.1 Å². The number of rotatable bonds is 12. The van der Waals surface area contributed by atoms with E-state index in [9.17, 15) is 18.0 Å². The first-order chi connectivity index (χ1) is 19.0. The maximum absolute atomic E-state index is 14.1. The number of nitrogens with zero attached hydrogens (tertiary/aromatic N) is 2. The van der Waals surface area contributed by atoms with Gasteiger partial charge in [-0.3, -0.25) is 13.9 Å². The molecule has 0 aliphatic rings. The number of nitrogens with one attached hydrogen (secondary N) is 1. The summed E-state index contributed by atoms with van der Waals surface area (Å²) in [4.78, 5) is 28.7. The fourth-order valence-electron chi connectivity index (χ4n) is 4.28. The van der Waals surface area contributed by atoms with Crippen LogP contribution in [-0.4, -0.2) is 43.8 Å². The number of hydrogen-bond acceptors (Lipinski definition) is 4. The topological polar surface area (TPSA) is 86.8 Å². The van der Waals surface area contributed by atoms with Crippen LogP contribution in [0.2, 0.25) is 5.02 Å². The number of anilines is 1. The lowest BCUT2D eigenvalue weighted by atomic mass is 10.1. The number of sulfonamides is 1. The van der Waals surface area contributed by atoms with E-state index in [1.165, 1.54) is 4.90 Å². The number of aryl methyl sites for hydroxylation is 2. The Morgan fingerprint density at radius 1 is 0.950 bits per heavy atom. The van der Waals surface area contributed by atoms with Gasteiger partial charge in [0.15, 0.2) is 0 Å². The summed E-state index contributed by atoms with van der Waals surface area (Å²) in [6, 6.07) is 19.8. The van der Waals surface area contributed by atoms with Gasteiger partial charge in [0, 0.05) is 17.6 Å². The summed E-state index contributed by atoms with van der Waals surface area (Å²) >= 11 is 6.20. The molecule has 9 heteroatoms. The zero-order valence-corrected chi connectivity index (χ0v) is 25.3. The number of amides is 2. The van der Waals surface area contributed by atoms with Gasteiger partial charge in [-0.15, -0.1) is 0 Å². The number of carbonyl (C=O) groups is 2. The van der Waals surface area contributed by atoms with E-state index in [0.29, 0.717) is 17.1 Å². The lowest BCUT2D eigenvalue weighted by Crippen LogP contribution is -2.52. The third kappa shape index (κ3) is 7.64. The third-order valence-corrected chi connectivity index (χ3v) is 8.95. The molecule has 0 heterocycles. The molecule has 0 aliphatic heterocycles. The van der Waals surface area contributed by atoms with Crippen LogP contribution in [-0.2, 0) is 32.6 Å². The van der Waals surface area contributed by atoms with Crippen molar-refractivity contribution in [3.05, 3.63) is 94.5 Å².